The van der Waals surface area contributed by atoms with Crippen molar-refractivity contribution in [3.63, 3.8) is 0 Å². The maximum atomic E-state index is 13.0. The smallest absolute Gasteiger partial charge is 0.268 e. The molecule has 2 heterocycles. The lowest BCUT2D eigenvalue weighted by Gasteiger charge is -2.34. The first kappa shape index (κ1) is 18.2. The minimum Gasteiger partial charge on any atom is -0.479 e. The van der Waals surface area contributed by atoms with E-state index >= 15 is 0 Å². The van der Waals surface area contributed by atoms with Crippen LogP contribution in [0.25, 0.3) is 0 Å². The summed E-state index contributed by atoms with van der Waals surface area (Å²) in [5, 5.41) is 0. The van der Waals surface area contributed by atoms with E-state index in [0.29, 0.717) is 36.0 Å². The predicted octanol–water partition coefficient (Wildman–Crippen LogP) is 2.58. The highest BCUT2D eigenvalue weighted by molar-refractivity contribution is 6.03. The molecular formula is C21H22N2O5. The molecule has 0 aromatic heterocycles. The summed E-state index contributed by atoms with van der Waals surface area (Å²) in [5.74, 6) is 1.67. The van der Waals surface area contributed by atoms with E-state index in [1.54, 1.807) is 24.0 Å². The predicted molar refractivity (Wildman–Crippen MR) is 103 cm³/mol. The number of hydrogen-bond donors (Lipinski definition) is 0. The van der Waals surface area contributed by atoms with Gasteiger partial charge in [0.1, 0.15) is 12.3 Å². The average molecular weight is 382 g/mol. The van der Waals surface area contributed by atoms with Crippen LogP contribution >= 0.6 is 0 Å². The number of amides is 2. The molecule has 146 valence electrons. The number of nitrogens with zero attached hydrogens (tertiary/aromatic N) is 2. The van der Waals surface area contributed by atoms with Gasteiger partial charge in [-0.25, -0.2) is 0 Å². The van der Waals surface area contributed by atoms with E-state index in [9.17, 15) is 9.59 Å². The standard InChI is InChI=1S/C21H22N2O5/c1-3-22(11-15-8-9-18-19(10-15)27-13-26-18)20(24)12-23-16-6-4-5-7-17(16)28-14(2)21(23)25/h4-10,14H,3,11-13H2,1-2H3. The number of para-hydroxylation sites is 2. The van der Waals surface area contributed by atoms with E-state index in [-0.39, 0.29) is 25.2 Å². The van der Waals surface area contributed by atoms with Crippen molar-refractivity contribution in [1.82, 2.24) is 4.90 Å². The highest BCUT2D eigenvalue weighted by atomic mass is 16.7. The second-order valence-corrected chi connectivity index (χ2v) is 6.75. The summed E-state index contributed by atoms with van der Waals surface area (Å²) in [6.07, 6.45) is -0.619. The third-order valence-corrected chi connectivity index (χ3v) is 4.91. The zero-order chi connectivity index (χ0) is 19.7. The van der Waals surface area contributed by atoms with Crippen molar-refractivity contribution < 1.29 is 23.8 Å². The molecule has 4 rings (SSSR count). The van der Waals surface area contributed by atoms with E-state index in [4.69, 9.17) is 14.2 Å². The third-order valence-electron chi connectivity index (χ3n) is 4.91. The summed E-state index contributed by atoms with van der Waals surface area (Å²) in [6, 6.07) is 12.9. The molecule has 7 heteroatoms. The molecule has 28 heavy (non-hydrogen) atoms. The van der Waals surface area contributed by atoms with Gasteiger partial charge in [0.2, 0.25) is 12.7 Å². The molecule has 0 N–H and O–H groups in total. The summed E-state index contributed by atoms with van der Waals surface area (Å²) >= 11 is 0. The average Bonchev–Trinajstić information content (AvgIpc) is 3.17. The highest BCUT2D eigenvalue weighted by Gasteiger charge is 2.33. The van der Waals surface area contributed by atoms with Crippen LogP contribution < -0.4 is 19.1 Å². The molecular weight excluding hydrogens is 360 g/mol. The zero-order valence-corrected chi connectivity index (χ0v) is 15.9. The number of carbonyl (C=O) groups is 2. The Kier molecular flexibility index (Phi) is 4.81. The minimum absolute atomic E-state index is 0.0259. The maximum Gasteiger partial charge on any atom is 0.268 e. The summed E-state index contributed by atoms with van der Waals surface area (Å²) in [6.45, 7) is 4.77. The van der Waals surface area contributed by atoms with Crippen LogP contribution in [0.5, 0.6) is 17.2 Å². The van der Waals surface area contributed by atoms with Crippen LogP contribution in [0.15, 0.2) is 42.5 Å². The van der Waals surface area contributed by atoms with Crippen molar-refractivity contribution in [3.05, 3.63) is 48.0 Å². The maximum absolute atomic E-state index is 13.0. The Morgan fingerprint density at radius 2 is 1.93 bits per heavy atom. The first-order chi connectivity index (χ1) is 13.6. The van der Waals surface area contributed by atoms with Crippen molar-refractivity contribution in [2.75, 3.05) is 24.8 Å². The molecule has 0 bridgehead atoms. The zero-order valence-electron chi connectivity index (χ0n) is 15.9. The highest BCUT2D eigenvalue weighted by Crippen LogP contribution is 2.34. The molecule has 2 amide bonds. The lowest BCUT2D eigenvalue weighted by atomic mass is 10.1. The van der Waals surface area contributed by atoms with Gasteiger partial charge >= 0.3 is 0 Å². The largest absolute Gasteiger partial charge is 0.479 e. The van der Waals surface area contributed by atoms with Crippen molar-refractivity contribution >= 4 is 17.5 Å². The third kappa shape index (κ3) is 3.35. The molecule has 2 aromatic carbocycles. The van der Waals surface area contributed by atoms with Gasteiger partial charge in [0.15, 0.2) is 17.6 Å². The Bertz CT molecular complexity index is 913. The van der Waals surface area contributed by atoms with Gasteiger partial charge in [0.25, 0.3) is 5.91 Å². The Morgan fingerprint density at radius 3 is 2.75 bits per heavy atom. The molecule has 0 radical (unpaired) electrons. The van der Waals surface area contributed by atoms with E-state index in [1.165, 1.54) is 4.90 Å². The van der Waals surface area contributed by atoms with Gasteiger partial charge in [0, 0.05) is 13.1 Å². The van der Waals surface area contributed by atoms with Crippen LogP contribution in [0.4, 0.5) is 5.69 Å². The topological polar surface area (TPSA) is 68.3 Å². The fourth-order valence-corrected chi connectivity index (χ4v) is 3.39. The van der Waals surface area contributed by atoms with Crippen molar-refractivity contribution in [1.29, 1.82) is 0 Å². The quantitative estimate of drug-likeness (QED) is 0.795. The Labute approximate surface area is 163 Å². The molecule has 0 fully saturated rings. The van der Waals surface area contributed by atoms with E-state index in [0.717, 1.165) is 5.56 Å². The molecule has 1 atom stereocenters. The lowest BCUT2D eigenvalue weighted by molar-refractivity contribution is -0.133. The number of carbonyl (C=O) groups excluding carboxylic acids is 2. The number of ether oxygens (including phenoxy) is 3. The van der Waals surface area contributed by atoms with Gasteiger partial charge in [-0.05, 0) is 43.7 Å². The van der Waals surface area contributed by atoms with E-state index in [1.807, 2.05) is 37.3 Å². The van der Waals surface area contributed by atoms with E-state index in [2.05, 4.69) is 0 Å². The second kappa shape index (κ2) is 7.42. The van der Waals surface area contributed by atoms with Gasteiger partial charge in [-0.2, -0.15) is 0 Å². The second-order valence-electron chi connectivity index (χ2n) is 6.75. The summed E-state index contributed by atoms with van der Waals surface area (Å²) in [4.78, 5) is 28.8. The van der Waals surface area contributed by atoms with Crippen molar-refractivity contribution in [2.24, 2.45) is 0 Å². The first-order valence-electron chi connectivity index (χ1n) is 9.30. The molecule has 2 aliphatic rings. The van der Waals surface area contributed by atoms with Crippen LogP contribution in [0.1, 0.15) is 19.4 Å². The van der Waals surface area contributed by atoms with Crippen molar-refractivity contribution in [3.8, 4) is 17.2 Å². The minimum atomic E-state index is -0.619. The monoisotopic (exact) mass is 382 g/mol. The number of likely N-dealkylation sites (N-methyl/N-ethyl adjacent to an activating group) is 1. The van der Waals surface area contributed by atoms with Gasteiger partial charge in [0.05, 0.1) is 5.69 Å². The molecule has 1 unspecified atom stereocenters. The first-order valence-corrected chi connectivity index (χ1v) is 9.30. The van der Waals surface area contributed by atoms with Gasteiger partial charge < -0.3 is 19.1 Å². The van der Waals surface area contributed by atoms with Gasteiger partial charge in [-0.15, -0.1) is 0 Å². The van der Waals surface area contributed by atoms with Crippen LogP contribution in [-0.4, -0.2) is 42.7 Å². The fraction of sp³-hybridized carbons (Fsp3) is 0.333. The van der Waals surface area contributed by atoms with Crippen molar-refractivity contribution in [2.45, 2.75) is 26.5 Å². The summed E-state index contributed by atoms with van der Waals surface area (Å²) in [7, 11) is 0. The molecule has 2 aliphatic heterocycles. The molecule has 0 aliphatic carbocycles. The normalized spacial score (nSPS) is 17.1. The Balaban J connectivity index is 1.51. The van der Waals surface area contributed by atoms with Crippen LogP contribution in [0.2, 0.25) is 0 Å². The van der Waals surface area contributed by atoms with Crippen LogP contribution in [0, 0.1) is 0 Å². The number of benzene rings is 2. The Hall–Kier alpha value is -3.22. The lowest BCUT2D eigenvalue weighted by Crippen LogP contribution is -2.49. The van der Waals surface area contributed by atoms with Crippen LogP contribution in [-0.2, 0) is 16.1 Å². The molecule has 0 spiro atoms. The summed E-state index contributed by atoms with van der Waals surface area (Å²) < 4.78 is 16.4. The SMILES string of the molecule is CCN(Cc1ccc2c(c1)OCO2)C(=O)CN1C(=O)C(C)Oc2ccccc21. The van der Waals surface area contributed by atoms with Gasteiger partial charge in [-0.1, -0.05) is 18.2 Å². The summed E-state index contributed by atoms with van der Waals surface area (Å²) in [5.41, 5.74) is 1.57. The van der Waals surface area contributed by atoms with Gasteiger partial charge in [-0.3, -0.25) is 14.5 Å². The fourth-order valence-electron chi connectivity index (χ4n) is 3.39. The van der Waals surface area contributed by atoms with Crippen LogP contribution in [0.3, 0.4) is 0 Å². The number of rotatable bonds is 5. The Morgan fingerprint density at radius 1 is 1.14 bits per heavy atom. The van der Waals surface area contributed by atoms with E-state index < -0.39 is 6.10 Å². The molecule has 7 nitrogen and oxygen atoms in total. The number of fused-ring (bicyclic) bond motifs is 2. The molecule has 0 saturated carbocycles. The number of anilines is 1. The number of hydrogen-bond acceptors (Lipinski definition) is 5. The molecule has 0 saturated heterocycles. The molecule has 2 aromatic rings.